The summed E-state index contributed by atoms with van der Waals surface area (Å²) in [5.41, 5.74) is 3.61. The number of anilines is 2. The largest absolute Gasteiger partial charge is 0.465 e. The lowest BCUT2D eigenvalue weighted by molar-refractivity contribution is 0.0600. The zero-order valence-electron chi connectivity index (χ0n) is 12.2. The highest BCUT2D eigenvalue weighted by molar-refractivity contribution is 6.09. The normalized spacial score (nSPS) is 12.2. The molecule has 2 aromatic carbocycles. The molecule has 0 fully saturated rings. The van der Waals surface area contributed by atoms with Gasteiger partial charge in [0.2, 0.25) is 0 Å². The van der Waals surface area contributed by atoms with Crippen LogP contribution in [0.25, 0.3) is 0 Å². The van der Waals surface area contributed by atoms with E-state index in [1.54, 1.807) is 30.3 Å². The lowest BCUT2D eigenvalue weighted by Gasteiger charge is -2.10. The SMILES string of the molecule is COC(=O)c1cccc(NC(=O)c2cccc3c2NCC3)c1. The van der Waals surface area contributed by atoms with Gasteiger partial charge in [0.1, 0.15) is 0 Å². The molecule has 0 atom stereocenters. The Labute approximate surface area is 128 Å². The van der Waals surface area contributed by atoms with Crippen molar-refractivity contribution in [2.24, 2.45) is 0 Å². The summed E-state index contributed by atoms with van der Waals surface area (Å²) < 4.78 is 4.68. The molecular formula is C17H16N2O3. The van der Waals surface area contributed by atoms with Gasteiger partial charge in [-0.1, -0.05) is 18.2 Å². The van der Waals surface area contributed by atoms with Crippen molar-refractivity contribution in [3.05, 3.63) is 59.2 Å². The Hall–Kier alpha value is -2.82. The highest BCUT2D eigenvalue weighted by Gasteiger charge is 2.18. The highest BCUT2D eigenvalue weighted by Crippen LogP contribution is 2.27. The third kappa shape index (κ3) is 2.65. The molecule has 1 amide bonds. The van der Waals surface area contributed by atoms with Crippen LogP contribution < -0.4 is 10.6 Å². The van der Waals surface area contributed by atoms with E-state index in [9.17, 15) is 9.59 Å². The van der Waals surface area contributed by atoms with Gasteiger partial charge in [0, 0.05) is 12.2 Å². The summed E-state index contributed by atoms with van der Waals surface area (Å²) in [5.74, 6) is -0.633. The van der Waals surface area contributed by atoms with Gasteiger partial charge >= 0.3 is 5.97 Å². The number of esters is 1. The fourth-order valence-electron chi connectivity index (χ4n) is 2.57. The molecule has 2 N–H and O–H groups in total. The molecule has 5 nitrogen and oxygen atoms in total. The predicted molar refractivity (Wildman–Crippen MR) is 84.4 cm³/mol. The minimum absolute atomic E-state index is 0.201. The van der Waals surface area contributed by atoms with Crippen molar-refractivity contribution < 1.29 is 14.3 Å². The monoisotopic (exact) mass is 296 g/mol. The van der Waals surface area contributed by atoms with E-state index in [-0.39, 0.29) is 5.91 Å². The highest BCUT2D eigenvalue weighted by atomic mass is 16.5. The van der Waals surface area contributed by atoms with Crippen LogP contribution in [0.1, 0.15) is 26.3 Å². The van der Waals surface area contributed by atoms with Crippen molar-refractivity contribution >= 4 is 23.3 Å². The van der Waals surface area contributed by atoms with Gasteiger partial charge in [0.15, 0.2) is 0 Å². The molecule has 0 spiro atoms. The van der Waals surface area contributed by atoms with E-state index in [2.05, 4.69) is 15.4 Å². The second-order valence-corrected chi connectivity index (χ2v) is 5.04. The van der Waals surface area contributed by atoms with Gasteiger partial charge in [-0.2, -0.15) is 0 Å². The van der Waals surface area contributed by atoms with Gasteiger partial charge < -0.3 is 15.4 Å². The number of para-hydroxylation sites is 1. The molecule has 0 aromatic heterocycles. The molecule has 5 heteroatoms. The molecule has 0 aliphatic carbocycles. The van der Waals surface area contributed by atoms with Crippen molar-refractivity contribution in [2.45, 2.75) is 6.42 Å². The van der Waals surface area contributed by atoms with Crippen LogP contribution in [0.3, 0.4) is 0 Å². The summed E-state index contributed by atoms with van der Waals surface area (Å²) in [7, 11) is 1.33. The maximum Gasteiger partial charge on any atom is 0.337 e. The Bertz CT molecular complexity index is 740. The van der Waals surface area contributed by atoms with Crippen LogP contribution in [-0.2, 0) is 11.2 Å². The number of amides is 1. The maximum absolute atomic E-state index is 12.5. The van der Waals surface area contributed by atoms with E-state index < -0.39 is 5.97 Å². The van der Waals surface area contributed by atoms with Crippen molar-refractivity contribution in [2.75, 3.05) is 24.3 Å². The number of methoxy groups -OCH3 is 1. The fraction of sp³-hybridized carbons (Fsp3) is 0.176. The first-order valence-electron chi connectivity index (χ1n) is 7.04. The molecule has 1 heterocycles. The first-order chi connectivity index (χ1) is 10.7. The molecule has 0 unspecified atom stereocenters. The van der Waals surface area contributed by atoms with Crippen LogP contribution in [0.5, 0.6) is 0 Å². The van der Waals surface area contributed by atoms with Crippen LogP contribution in [0.4, 0.5) is 11.4 Å². The fourth-order valence-corrected chi connectivity index (χ4v) is 2.57. The molecule has 0 saturated heterocycles. The van der Waals surface area contributed by atoms with E-state index in [0.29, 0.717) is 16.8 Å². The van der Waals surface area contributed by atoms with Crippen molar-refractivity contribution in [3.63, 3.8) is 0 Å². The number of fused-ring (bicyclic) bond motifs is 1. The van der Waals surface area contributed by atoms with Crippen LogP contribution in [0, 0.1) is 0 Å². The number of hydrogen-bond donors (Lipinski definition) is 2. The number of carbonyl (C=O) groups excluding carboxylic acids is 2. The molecule has 0 radical (unpaired) electrons. The smallest absolute Gasteiger partial charge is 0.337 e. The predicted octanol–water partition coefficient (Wildman–Crippen LogP) is 2.69. The first-order valence-corrected chi connectivity index (χ1v) is 7.04. The van der Waals surface area contributed by atoms with Gasteiger partial charge in [-0.25, -0.2) is 4.79 Å². The molecular weight excluding hydrogens is 280 g/mol. The molecule has 0 saturated carbocycles. The Morgan fingerprint density at radius 2 is 2.00 bits per heavy atom. The summed E-state index contributed by atoms with van der Waals surface area (Å²) in [6.07, 6.45) is 0.925. The summed E-state index contributed by atoms with van der Waals surface area (Å²) in [6.45, 7) is 0.845. The number of ether oxygens (including phenoxy) is 1. The number of carbonyl (C=O) groups is 2. The zero-order valence-corrected chi connectivity index (χ0v) is 12.2. The Kier molecular flexibility index (Phi) is 3.78. The van der Waals surface area contributed by atoms with Crippen molar-refractivity contribution in [3.8, 4) is 0 Å². The number of nitrogens with one attached hydrogen (secondary N) is 2. The third-order valence-corrected chi connectivity index (χ3v) is 3.63. The molecule has 2 aromatic rings. The van der Waals surface area contributed by atoms with E-state index in [0.717, 1.165) is 24.2 Å². The van der Waals surface area contributed by atoms with Gasteiger partial charge in [0.25, 0.3) is 5.91 Å². The van der Waals surface area contributed by atoms with Crippen LogP contribution in [0.15, 0.2) is 42.5 Å². The lowest BCUT2D eigenvalue weighted by atomic mass is 10.1. The van der Waals surface area contributed by atoms with E-state index in [4.69, 9.17) is 0 Å². The third-order valence-electron chi connectivity index (χ3n) is 3.63. The van der Waals surface area contributed by atoms with Gasteiger partial charge in [0.05, 0.1) is 23.9 Å². The first kappa shape index (κ1) is 14.1. The van der Waals surface area contributed by atoms with Crippen molar-refractivity contribution in [1.82, 2.24) is 0 Å². The van der Waals surface area contributed by atoms with Gasteiger partial charge in [-0.15, -0.1) is 0 Å². The molecule has 22 heavy (non-hydrogen) atoms. The summed E-state index contributed by atoms with van der Waals surface area (Å²) >= 11 is 0. The minimum atomic E-state index is -0.432. The average Bonchev–Trinajstić information content (AvgIpc) is 3.02. The summed E-state index contributed by atoms with van der Waals surface area (Å²) in [4.78, 5) is 24.0. The maximum atomic E-state index is 12.5. The van der Waals surface area contributed by atoms with E-state index >= 15 is 0 Å². The van der Waals surface area contributed by atoms with Crippen molar-refractivity contribution in [1.29, 1.82) is 0 Å². The summed E-state index contributed by atoms with van der Waals surface area (Å²) in [5, 5.41) is 6.06. The number of rotatable bonds is 3. The van der Waals surface area contributed by atoms with Crippen LogP contribution in [-0.4, -0.2) is 25.5 Å². The van der Waals surface area contributed by atoms with E-state index in [1.807, 2.05) is 12.1 Å². The Morgan fingerprint density at radius 3 is 2.82 bits per heavy atom. The molecule has 112 valence electrons. The standard InChI is InChI=1S/C17H16N2O3/c1-22-17(21)12-5-2-6-13(10-12)19-16(20)14-7-3-4-11-8-9-18-15(11)14/h2-7,10,18H,8-9H2,1H3,(H,19,20). The topological polar surface area (TPSA) is 67.4 Å². The second kappa shape index (κ2) is 5.89. The number of benzene rings is 2. The Morgan fingerprint density at radius 1 is 1.18 bits per heavy atom. The van der Waals surface area contributed by atoms with Crippen LogP contribution in [0.2, 0.25) is 0 Å². The summed E-state index contributed by atoms with van der Waals surface area (Å²) in [6, 6.07) is 12.4. The molecule has 1 aliphatic rings. The quantitative estimate of drug-likeness (QED) is 0.855. The minimum Gasteiger partial charge on any atom is -0.465 e. The van der Waals surface area contributed by atoms with Crippen LogP contribution >= 0.6 is 0 Å². The van der Waals surface area contributed by atoms with E-state index in [1.165, 1.54) is 7.11 Å². The number of hydrogen-bond acceptors (Lipinski definition) is 4. The molecule has 0 bridgehead atoms. The Balaban J connectivity index is 1.83. The zero-order chi connectivity index (χ0) is 15.5. The van der Waals surface area contributed by atoms with Gasteiger partial charge in [-0.3, -0.25) is 4.79 Å². The average molecular weight is 296 g/mol. The lowest BCUT2D eigenvalue weighted by Crippen LogP contribution is -2.14. The molecule has 1 aliphatic heterocycles. The second-order valence-electron chi connectivity index (χ2n) is 5.04. The van der Waals surface area contributed by atoms with Gasteiger partial charge in [-0.05, 0) is 36.2 Å². The molecule has 3 rings (SSSR count).